The van der Waals surface area contributed by atoms with Gasteiger partial charge < -0.3 is 5.73 Å². The summed E-state index contributed by atoms with van der Waals surface area (Å²) in [6, 6.07) is 9.04. The largest absolute Gasteiger partial charge is 0.399 e. The van der Waals surface area contributed by atoms with Gasteiger partial charge in [-0.3, -0.25) is 9.71 Å². The number of rotatable bonds is 6. The van der Waals surface area contributed by atoms with E-state index in [1.807, 2.05) is 25.1 Å². The molecular weight excluding hydrogens is 306 g/mol. The molecular formula is C14H17N3O2S2. The fourth-order valence-electron chi connectivity index (χ4n) is 1.68. The Morgan fingerprint density at radius 3 is 2.86 bits per heavy atom. The average molecular weight is 323 g/mol. The third kappa shape index (κ3) is 4.95. The van der Waals surface area contributed by atoms with Gasteiger partial charge in [0.25, 0.3) is 0 Å². The van der Waals surface area contributed by atoms with Gasteiger partial charge >= 0.3 is 0 Å². The molecule has 1 aromatic carbocycles. The van der Waals surface area contributed by atoms with Crippen molar-refractivity contribution in [3.05, 3.63) is 48.3 Å². The number of hydrogen-bond acceptors (Lipinski definition) is 5. The fraction of sp³-hybridized carbons (Fsp3) is 0.214. The maximum absolute atomic E-state index is 12.0. The van der Waals surface area contributed by atoms with E-state index in [9.17, 15) is 8.42 Å². The van der Waals surface area contributed by atoms with Gasteiger partial charge in [0, 0.05) is 28.7 Å². The molecule has 0 radical (unpaired) electrons. The Balaban J connectivity index is 1.91. The van der Waals surface area contributed by atoms with Crippen molar-refractivity contribution in [1.82, 2.24) is 4.98 Å². The summed E-state index contributed by atoms with van der Waals surface area (Å²) in [6.07, 6.45) is 3.19. The van der Waals surface area contributed by atoms with Crippen molar-refractivity contribution < 1.29 is 8.42 Å². The Kier molecular flexibility index (Phi) is 5.08. The third-order valence-corrected chi connectivity index (χ3v) is 5.29. The van der Waals surface area contributed by atoms with Gasteiger partial charge in [0.15, 0.2) is 0 Å². The molecule has 2 rings (SSSR count). The van der Waals surface area contributed by atoms with Crippen molar-refractivity contribution in [2.75, 3.05) is 22.0 Å². The highest BCUT2D eigenvalue weighted by Gasteiger charge is 2.11. The minimum atomic E-state index is -3.37. The number of anilines is 2. The Morgan fingerprint density at radius 1 is 1.33 bits per heavy atom. The van der Waals surface area contributed by atoms with E-state index < -0.39 is 10.0 Å². The molecule has 3 N–H and O–H groups in total. The van der Waals surface area contributed by atoms with Crippen LogP contribution >= 0.6 is 11.8 Å². The van der Waals surface area contributed by atoms with Crippen LogP contribution in [0.3, 0.4) is 0 Å². The molecule has 0 atom stereocenters. The van der Waals surface area contributed by atoms with Crippen molar-refractivity contribution in [2.24, 2.45) is 0 Å². The summed E-state index contributed by atoms with van der Waals surface area (Å²) in [7, 11) is -3.37. The standard InChI is InChI=1S/C14H17N3O2S2/c1-11-10-16-6-5-14(11)17-21(18,19)8-7-20-13-4-2-3-12(15)9-13/h2-6,9-10H,7-8,15H2,1H3,(H,16,17). The molecule has 0 spiro atoms. The summed E-state index contributed by atoms with van der Waals surface area (Å²) in [5, 5.41) is 0. The van der Waals surface area contributed by atoms with Gasteiger partial charge in [-0.2, -0.15) is 0 Å². The molecule has 0 aliphatic carbocycles. The first-order valence-electron chi connectivity index (χ1n) is 6.36. The van der Waals surface area contributed by atoms with Gasteiger partial charge in [0.05, 0.1) is 11.4 Å². The quantitative estimate of drug-likeness (QED) is 0.630. The Labute approximate surface area is 129 Å². The lowest BCUT2D eigenvalue weighted by atomic mass is 10.3. The third-order valence-electron chi connectivity index (χ3n) is 2.76. The van der Waals surface area contributed by atoms with E-state index in [1.165, 1.54) is 11.8 Å². The lowest BCUT2D eigenvalue weighted by molar-refractivity contribution is 0.602. The maximum atomic E-state index is 12.0. The van der Waals surface area contributed by atoms with Gasteiger partial charge in [-0.05, 0) is 36.8 Å². The van der Waals surface area contributed by atoms with Crippen molar-refractivity contribution in [3.8, 4) is 0 Å². The summed E-state index contributed by atoms with van der Waals surface area (Å²) < 4.78 is 26.7. The van der Waals surface area contributed by atoms with Crippen LogP contribution in [0.4, 0.5) is 11.4 Å². The van der Waals surface area contributed by atoms with Crippen LogP contribution in [0.15, 0.2) is 47.6 Å². The zero-order valence-electron chi connectivity index (χ0n) is 11.6. The predicted octanol–water partition coefficient (Wildman–Crippen LogP) is 2.51. The van der Waals surface area contributed by atoms with Crippen molar-refractivity contribution in [3.63, 3.8) is 0 Å². The number of nitrogen functional groups attached to an aromatic ring is 1. The molecule has 1 aromatic heterocycles. The summed E-state index contributed by atoms with van der Waals surface area (Å²) in [4.78, 5) is 4.90. The Bertz CT molecular complexity index is 718. The monoisotopic (exact) mass is 323 g/mol. The molecule has 0 amide bonds. The lowest BCUT2D eigenvalue weighted by Gasteiger charge is -2.09. The zero-order valence-corrected chi connectivity index (χ0v) is 13.2. The molecule has 0 saturated carbocycles. The summed E-state index contributed by atoms with van der Waals surface area (Å²) >= 11 is 1.46. The number of sulfonamides is 1. The first-order chi connectivity index (χ1) is 9.96. The number of nitrogens with zero attached hydrogens (tertiary/aromatic N) is 1. The van der Waals surface area contributed by atoms with Crippen LogP contribution < -0.4 is 10.5 Å². The molecule has 2 aromatic rings. The molecule has 0 aliphatic heterocycles. The number of benzene rings is 1. The minimum Gasteiger partial charge on any atom is -0.399 e. The van der Waals surface area contributed by atoms with E-state index in [0.717, 1.165) is 10.5 Å². The van der Waals surface area contributed by atoms with E-state index in [1.54, 1.807) is 24.5 Å². The highest BCUT2D eigenvalue weighted by Crippen LogP contribution is 2.21. The van der Waals surface area contributed by atoms with E-state index in [4.69, 9.17) is 5.73 Å². The van der Waals surface area contributed by atoms with Crippen molar-refractivity contribution in [2.45, 2.75) is 11.8 Å². The van der Waals surface area contributed by atoms with Crippen LogP contribution in [0, 0.1) is 6.92 Å². The van der Waals surface area contributed by atoms with Gasteiger partial charge in [-0.25, -0.2) is 8.42 Å². The molecule has 0 fully saturated rings. The predicted molar refractivity (Wildman–Crippen MR) is 88.0 cm³/mol. The second kappa shape index (κ2) is 6.82. The number of pyridine rings is 1. The average Bonchev–Trinajstić information content (AvgIpc) is 2.41. The van der Waals surface area contributed by atoms with Crippen molar-refractivity contribution in [1.29, 1.82) is 0 Å². The molecule has 21 heavy (non-hydrogen) atoms. The Hall–Kier alpha value is -1.73. The summed E-state index contributed by atoms with van der Waals surface area (Å²) in [5.41, 5.74) is 7.72. The Morgan fingerprint density at radius 2 is 2.14 bits per heavy atom. The van der Waals surface area contributed by atoms with Crippen LogP contribution in [0.1, 0.15) is 5.56 Å². The van der Waals surface area contributed by atoms with Crippen molar-refractivity contribution >= 4 is 33.2 Å². The smallest absolute Gasteiger partial charge is 0.233 e. The second-order valence-electron chi connectivity index (χ2n) is 4.53. The first kappa shape index (κ1) is 15.7. The van der Waals surface area contributed by atoms with Crippen LogP contribution in [0.25, 0.3) is 0 Å². The highest BCUT2D eigenvalue weighted by molar-refractivity contribution is 8.01. The van der Waals surface area contributed by atoms with Gasteiger partial charge in [0.2, 0.25) is 10.0 Å². The number of aryl methyl sites for hydroxylation is 1. The molecule has 7 heteroatoms. The molecule has 5 nitrogen and oxygen atoms in total. The van der Waals surface area contributed by atoms with Crippen LogP contribution in [0.5, 0.6) is 0 Å². The van der Waals surface area contributed by atoms with E-state index >= 15 is 0 Å². The van der Waals surface area contributed by atoms with E-state index in [2.05, 4.69) is 9.71 Å². The van der Waals surface area contributed by atoms with Crippen LogP contribution in [-0.2, 0) is 10.0 Å². The zero-order chi connectivity index (χ0) is 15.3. The minimum absolute atomic E-state index is 0.0359. The molecule has 1 heterocycles. The molecule has 112 valence electrons. The number of thioether (sulfide) groups is 1. The first-order valence-corrected chi connectivity index (χ1v) is 8.99. The normalized spacial score (nSPS) is 11.3. The molecule has 0 aliphatic rings. The maximum Gasteiger partial charge on any atom is 0.233 e. The van der Waals surface area contributed by atoms with Crippen LogP contribution in [0.2, 0.25) is 0 Å². The fourth-order valence-corrected chi connectivity index (χ4v) is 4.19. The van der Waals surface area contributed by atoms with Gasteiger partial charge in [0.1, 0.15) is 0 Å². The molecule has 0 unspecified atom stereocenters. The van der Waals surface area contributed by atoms with Crippen LogP contribution in [-0.4, -0.2) is 24.9 Å². The topological polar surface area (TPSA) is 85.1 Å². The highest BCUT2D eigenvalue weighted by atomic mass is 32.2. The lowest BCUT2D eigenvalue weighted by Crippen LogP contribution is -2.18. The summed E-state index contributed by atoms with van der Waals surface area (Å²) in [6.45, 7) is 1.81. The number of aromatic nitrogens is 1. The number of hydrogen-bond donors (Lipinski definition) is 2. The van der Waals surface area contributed by atoms with Gasteiger partial charge in [-0.15, -0.1) is 11.8 Å². The van der Waals surface area contributed by atoms with E-state index in [0.29, 0.717) is 17.1 Å². The second-order valence-corrected chi connectivity index (χ2v) is 7.54. The van der Waals surface area contributed by atoms with Gasteiger partial charge in [-0.1, -0.05) is 6.07 Å². The summed E-state index contributed by atoms with van der Waals surface area (Å²) in [5.74, 6) is 0.497. The number of nitrogens with one attached hydrogen (secondary N) is 1. The molecule has 0 bridgehead atoms. The SMILES string of the molecule is Cc1cnccc1NS(=O)(=O)CCSc1cccc(N)c1. The number of nitrogens with two attached hydrogens (primary N) is 1. The van der Waals surface area contributed by atoms with E-state index in [-0.39, 0.29) is 5.75 Å². The molecule has 0 saturated heterocycles.